The van der Waals surface area contributed by atoms with Gasteiger partial charge in [0.25, 0.3) is 11.6 Å². The molecule has 1 amide bonds. The van der Waals surface area contributed by atoms with E-state index in [1.54, 1.807) is 28.6 Å². The second-order valence-electron chi connectivity index (χ2n) is 6.25. The Morgan fingerprint density at radius 1 is 1.29 bits per heavy atom. The lowest BCUT2D eigenvalue weighted by Gasteiger charge is -2.17. The van der Waals surface area contributed by atoms with E-state index in [0.29, 0.717) is 16.6 Å². The van der Waals surface area contributed by atoms with Crippen LogP contribution in [0.25, 0.3) is 0 Å². The first-order chi connectivity index (χ1) is 13.4. The zero-order valence-electron chi connectivity index (χ0n) is 14.7. The zero-order valence-corrected chi connectivity index (χ0v) is 17.1. The van der Waals surface area contributed by atoms with E-state index in [4.69, 9.17) is 0 Å². The molecule has 8 nitrogen and oxygen atoms in total. The van der Waals surface area contributed by atoms with Crippen molar-refractivity contribution < 1.29 is 9.72 Å². The Morgan fingerprint density at radius 3 is 2.82 bits per heavy atom. The van der Waals surface area contributed by atoms with Gasteiger partial charge >= 0.3 is 0 Å². The number of amides is 1. The van der Waals surface area contributed by atoms with E-state index in [0.717, 1.165) is 33.9 Å². The highest BCUT2D eigenvalue weighted by molar-refractivity contribution is 9.10. The van der Waals surface area contributed by atoms with Crippen LogP contribution < -0.4 is 4.90 Å². The quantitative estimate of drug-likeness (QED) is 0.434. The zero-order chi connectivity index (χ0) is 19.8. The topological polar surface area (TPSA) is 94.2 Å². The Kier molecular flexibility index (Phi) is 4.90. The summed E-state index contributed by atoms with van der Waals surface area (Å²) in [4.78, 5) is 26.2. The van der Waals surface area contributed by atoms with Crippen molar-refractivity contribution in [2.75, 3.05) is 11.4 Å². The van der Waals surface area contributed by atoms with Crippen LogP contribution in [0.5, 0.6) is 0 Å². The maximum Gasteiger partial charge on any atom is 0.284 e. The fraction of sp³-hybridized carbons (Fsp3) is 0.167. The van der Waals surface area contributed by atoms with Gasteiger partial charge in [0.1, 0.15) is 6.33 Å². The number of aryl methyl sites for hydroxylation is 1. The van der Waals surface area contributed by atoms with Crippen molar-refractivity contribution >= 4 is 45.0 Å². The van der Waals surface area contributed by atoms with Crippen LogP contribution in [0.15, 0.2) is 57.3 Å². The monoisotopic (exact) mass is 459 g/mol. The second-order valence-corrected chi connectivity index (χ2v) is 8.17. The number of anilines is 1. The number of nitro groups is 1. The molecule has 0 atom stereocenters. The predicted octanol–water partition coefficient (Wildman–Crippen LogP) is 3.84. The Morgan fingerprint density at radius 2 is 2.11 bits per heavy atom. The third kappa shape index (κ3) is 3.40. The van der Waals surface area contributed by atoms with Gasteiger partial charge in [0, 0.05) is 35.4 Å². The molecule has 0 saturated heterocycles. The van der Waals surface area contributed by atoms with Crippen LogP contribution in [0.3, 0.4) is 0 Å². The Balaban J connectivity index is 1.66. The van der Waals surface area contributed by atoms with Crippen molar-refractivity contribution in [3.63, 3.8) is 0 Å². The molecule has 0 spiro atoms. The molecule has 10 heteroatoms. The Labute approximate surface area is 172 Å². The first-order valence-electron chi connectivity index (χ1n) is 8.34. The summed E-state index contributed by atoms with van der Waals surface area (Å²) in [5, 5.41) is 19.8. The summed E-state index contributed by atoms with van der Waals surface area (Å²) < 4.78 is 2.63. The van der Waals surface area contributed by atoms with Gasteiger partial charge in [-0.1, -0.05) is 15.9 Å². The molecule has 0 N–H and O–H groups in total. The molecular formula is C18H14BrN5O3S. The van der Waals surface area contributed by atoms with Crippen LogP contribution >= 0.6 is 27.7 Å². The van der Waals surface area contributed by atoms with Gasteiger partial charge < -0.3 is 9.47 Å². The van der Waals surface area contributed by atoms with Gasteiger partial charge in [0.2, 0.25) is 0 Å². The fourth-order valence-electron chi connectivity index (χ4n) is 3.08. The number of nitro benzene ring substituents is 1. The van der Waals surface area contributed by atoms with Crippen molar-refractivity contribution in [2.24, 2.45) is 7.05 Å². The summed E-state index contributed by atoms with van der Waals surface area (Å²) in [5.41, 5.74) is 2.07. The average molecular weight is 460 g/mol. The lowest BCUT2D eigenvalue weighted by Crippen LogP contribution is -2.28. The number of hydrogen-bond acceptors (Lipinski definition) is 6. The molecule has 0 unspecified atom stereocenters. The van der Waals surface area contributed by atoms with Crippen LogP contribution in [-0.2, 0) is 13.5 Å². The van der Waals surface area contributed by atoms with E-state index in [-0.39, 0.29) is 17.2 Å². The highest BCUT2D eigenvalue weighted by atomic mass is 79.9. The second kappa shape index (κ2) is 7.36. The van der Waals surface area contributed by atoms with Gasteiger partial charge in [-0.05, 0) is 54.1 Å². The third-order valence-corrected chi connectivity index (χ3v) is 6.07. The number of hydrogen-bond donors (Lipinski definition) is 0. The molecule has 28 heavy (non-hydrogen) atoms. The normalized spacial score (nSPS) is 12.9. The standard InChI is InChI=1S/C18H14BrN5O3S/c1-22-10-20-21-18(22)28-16-5-2-12(9-15(16)24(26)27)17(25)23-7-6-11-8-13(19)3-4-14(11)23/h2-5,8-10H,6-7H2,1H3. The molecule has 0 saturated carbocycles. The first-order valence-corrected chi connectivity index (χ1v) is 9.95. The van der Waals surface area contributed by atoms with Crippen LogP contribution in [0, 0.1) is 10.1 Å². The third-order valence-electron chi connectivity index (χ3n) is 4.46. The molecule has 0 bridgehead atoms. The highest BCUT2D eigenvalue weighted by Gasteiger charge is 2.28. The molecule has 3 aromatic rings. The largest absolute Gasteiger partial charge is 0.311 e. The van der Waals surface area contributed by atoms with E-state index in [1.165, 1.54) is 12.4 Å². The summed E-state index contributed by atoms with van der Waals surface area (Å²) in [6.07, 6.45) is 2.28. The van der Waals surface area contributed by atoms with Gasteiger partial charge in [0.15, 0.2) is 5.16 Å². The number of halogens is 1. The van der Waals surface area contributed by atoms with Crippen molar-refractivity contribution in [3.05, 3.63) is 68.4 Å². The molecule has 142 valence electrons. The number of nitrogens with zero attached hydrogens (tertiary/aromatic N) is 5. The maximum absolute atomic E-state index is 13.0. The van der Waals surface area contributed by atoms with Gasteiger partial charge in [-0.2, -0.15) is 0 Å². The molecule has 0 aliphatic carbocycles. The van der Waals surface area contributed by atoms with Crippen molar-refractivity contribution in [1.82, 2.24) is 14.8 Å². The van der Waals surface area contributed by atoms with Gasteiger partial charge in [-0.25, -0.2) is 0 Å². The SMILES string of the molecule is Cn1cnnc1Sc1ccc(C(=O)N2CCc3cc(Br)ccc32)cc1[N+](=O)[O-]. The number of rotatable bonds is 4. The maximum atomic E-state index is 13.0. The summed E-state index contributed by atoms with van der Waals surface area (Å²) in [7, 11) is 1.76. The number of aromatic nitrogens is 3. The first kappa shape index (κ1) is 18.6. The van der Waals surface area contributed by atoms with Gasteiger partial charge in [-0.3, -0.25) is 14.9 Å². The predicted molar refractivity (Wildman–Crippen MR) is 108 cm³/mol. The van der Waals surface area contributed by atoms with E-state index in [9.17, 15) is 14.9 Å². The lowest BCUT2D eigenvalue weighted by molar-refractivity contribution is -0.387. The Bertz CT molecular complexity index is 1100. The molecule has 1 aliphatic rings. The molecule has 0 radical (unpaired) electrons. The summed E-state index contributed by atoms with van der Waals surface area (Å²) in [5.74, 6) is -0.251. The van der Waals surface area contributed by atoms with Gasteiger partial charge in [-0.15, -0.1) is 10.2 Å². The van der Waals surface area contributed by atoms with E-state index >= 15 is 0 Å². The summed E-state index contributed by atoms with van der Waals surface area (Å²) in [6.45, 7) is 0.549. The molecule has 1 aliphatic heterocycles. The Hall–Kier alpha value is -2.72. The molecule has 0 fully saturated rings. The minimum absolute atomic E-state index is 0.130. The minimum atomic E-state index is -0.482. The number of fused-ring (bicyclic) bond motifs is 1. The fourth-order valence-corrected chi connectivity index (χ4v) is 4.34. The number of carbonyl (C=O) groups is 1. The van der Waals surface area contributed by atoms with E-state index in [2.05, 4.69) is 26.1 Å². The number of carbonyl (C=O) groups excluding carboxylic acids is 1. The molecular weight excluding hydrogens is 446 g/mol. The minimum Gasteiger partial charge on any atom is -0.311 e. The van der Waals surface area contributed by atoms with Crippen molar-refractivity contribution in [3.8, 4) is 0 Å². The van der Waals surface area contributed by atoms with E-state index < -0.39 is 4.92 Å². The molecule has 1 aromatic heterocycles. The van der Waals surface area contributed by atoms with Gasteiger partial charge in [0.05, 0.1) is 9.82 Å². The molecule has 2 aromatic carbocycles. The average Bonchev–Trinajstić information content (AvgIpc) is 3.27. The lowest BCUT2D eigenvalue weighted by atomic mass is 10.1. The number of benzene rings is 2. The van der Waals surface area contributed by atoms with Crippen LogP contribution in [-0.4, -0.2) is 32.1 Å². The highest BCUT2D eigenvalue weighted by Crippen LogP contribution is 2.36. The van der Waals surface area contributed by atoms with Crippen molar-refractivity contribution in [2.45, 2.75) is 16.5 Å². The van der Waals surface area contributed by atoms with Crippen molar-refractivity contribution in [1.29, 1.82) is 0 Å². The smallest absolute Gasteiger partial charge is 0.284 e. The van der Waals surface area contributed by atoms with Crippen LogP contribution in [0.2, 0.25) is 0 Å². The summed E-state index contributed by atoms with van der Waals surface area (Å²) >= 11 is 4.57. The summed E-state index contributed by atoms with van der Waals surface area (Å²) in [6, 6.07) is 10.3. The van der Waals surface area contributed by atoms with Crippen LogP contribution in [0.4, 0.5) is 11.4 Å². The van der Waals surface area contributed by atoms with E-state index in [1.807, 2.05) is 18.2 Å². The molecule has 2 heterocycles. The molecule has 4 rings (SSSR count). The van der Waals surface area contributed by atoms with Crippen LogP contribution in [0.1, 0.15) is 15.9 Å².